The highest BCUT2D eigenvalue weighted by molar-refractivity contribution is 5.73. The Morgan fingerprint density at radius 3 is 2.60 bits per heavy atom. The summed E-state index contributed by atoms with van der Waals surface area (Å²) in [6.45, 7) is 3.20. The van der Waals surface area contributed by atoms with Crippen LogP contribution in [0.25, 0.3) is 0 Å². The second-order valence-electron chi connectivity index (χ2n) is 3.61. The maximum Gasteiger partial charge on any atom is 0.319 e. The zero-order chi connectivity index (χ0) is 11.4. The van der Waals surface area contributed by atoms with E-state index < -0.39 is 0 Å². The highest BCUT2D eigenvalue weighted by Crippen LogP contribution is 2.01. The van der Waals surface area contributed by atoms with E-state index in [0.29, 0.717) is 13.1 Å². The molecular weight excluding hydrogens is 192 g/mol. The number of rotatable bonds is 3. The molecule has 1 aromatic heterocycles. The second kappa shape index (κ2) is 4.82. The van der Waals surface area contributed by atoms with Gasteiger partial charge in [0.1, 0.15) is 5.82 Å². The molecule has 0 spiro atoms. The van der Waals surface area contributed by atoms with Gasteiger partial charge in [0.15, 0.2) is 0 Å². The van der Waals surface area contributed by atoms with Crippen LogP contribution < -0.4 is 0 Å². The van der Waals surface area contributed by atoms with E-state index in [9.17, 15) is 4.79 Å². The number of nitrogens with zero attached hydrogens (tertiary/aromatic N) is 4. The fourth-order valence-electron chi connectivity index (χ4n) is 1.26. The summed E-state index contributed by atoms with van der Waals surface area (Å²) in [7, 11) is 5.49. The summed E-state index contributed by atoms with van der Waals surface area (Å²) >= 11 is 0. The van der Waals surface area contributed by atoms with Crippen molar-refractivity contribution in [2.45, 2.75) is 13.5 Å². The Labute approximate surface area is 90.3 Å². The largest absolute Gasteiger partial charge is 0.337 e. The van der Waals surface area contributed by atoms with Crippen LogP contribution in [0.1, 0.15) is 12.7 Å². The van der Waals surface area contributed by atoms with Crippen LogP contribution in [0.2, 0.25) is 0 Å². The average molecular weight is 210 g/mol. The maximum atomic E-state index is 11.7. The molecule has 2 amide bonds. The van der Waals surface area contributed by atoms with Gasteiger partial charge in [-0.05, 0) is 6.92 Å². The van der Waals surface area contributed by atoms with Crippen LogP contribution in [0.3, 0.4) is 0 Å². The van der Waals surface area contributed by atoms with Crippen LogP contribution in [0.5, 0.6) is 0 Å². The van der Waals surface area contributed by atoms with Crippen molar-refractivity contribution in [1.29, 1.82) is 0 Å². The molecule has 0 bridgehead atoms. The van der Waals surface area contributed by atoms with Gasteiger partial charge in [-0.3, -0.25) is 0 Å². The molecule has 0 saturated carbocycles. The minimum absolute atomic E-state index is 0.0144. The summed E-state index contributed by atoms with van der Waals surface area (Å²) in [6, 6.07) is 0.0144. The van der Waals surface area contributed by atoms with Crippen LogP contribution in [-0.4, -0.2) is 46.0 Å². The number of aryl methyl sites for hydroxylation is 1. The second-order valence-corrected chi connectivity index (χ2v) is 3.61. The summed E-state index contributed by atoms with van der Waals surface area (Å²) in [6.07, 6.45) is 3.61. The van der Waals surface area contributed by atoms with Crippen LogP contribution in [0.4, 0.5) is 4.79 Å². The van der Waals surface area contributed by atoms with Gasteiger partial charge in [-0.15, -0.1) is 0 Å². The van der Waals surface area contributed by atoms with Gasteiger partial charge in [0, 0.05) is 40.1 Å². The Balaban J connectivity index is 2.60. The van der Waals surface area contributed by atoms with Gasteiger partial charge in [0.05, 0.1) is 6.54 Å². The van der Waals surface area contributed by atoms with E-state index in [0.717, 1.165) is 5.82 Å². The number of amides is 2. The molecule has 0 aliphatic rings. The number of aromatic nitrogens is 2. The zero-order valence-electron chi connectivity index (χ0n) is 9.77. The molecule has 0 saturated heterocycles. The third kappa shape index (κ3) is 2.71. The Morgan fingerprint density at radius 2 is 2.13 bits per heavy atom. The zero-order valence-corrected chi connectivity index (χ0v) is 9.77. The predicted octanol–water partition coefficient (Wildman–Crippen LogP) is 0.924. The first-order valence-electron chi connectivity index (χ1n) is 4.98. The van der Waals surface area contributed by atoms with E-state index in [1.165, 1.54) is 0 Å². The third-order valence-corrected chi connectivity index (χ3v) is 2.43. The number of carbonyl (C=O) groups is 1. The standard InChI is InChI=1S/C10H18N4O/c1-5-12(2)10(15)14(4)8-9-11-6-7-13(9)3/h6-7H,5,8H2,1-4H3. The highest BCUT2D eigenvalue weighted by Gasteiger charge is 2.14. The Bertz CT molecular complexity index is 334. The first-order chi connectivity index (χ1) is 7.06. The molecule has 1 rings (SSSR count). The molecule has 0 aromatic carbocycles. The molecule has 1 heterocycles. The maximum absolute atomic E-state index is 11.7. The lowest BCUT2D eigenvalue weighted by molar-refractivity contribution is 0.172. The molecule has 0 atom stereocenters. The predicted molar refractivity (Wildman–Crippen MR) is 58.4 cm³/mol. The van der Waals surface area contributed by atoms with Crippen molar-refractivity contribution in [3.05, 3.63) is 18.2 Å². The number of carbonyl (C=O) groups excluding carboxylic acids is 1. The lowest BCUT2D eigenvalue weighted by atomic mass is 10.5. The SMILES string of the molecule is CCN(C)C(=O)N(C)Cc1nccn1C. The van der Waals surface area contributed by atoms with Crippen LogP contribution in [0, 0.1) is 0 Å². The van der Waals surface area contributed by atoms with Crippen molar-refractivity contribution in [3.8, 4) is 0 Å². The molecule has 0 radical (unpaired) electrons. The number of imidazole rings is 1. The van der Waals surface area contributed by atoms with Crippen molar-refractivity contribution >= 4 is 6.03 Å². The number of hydrogen-bond donors (Lipinski definition) is 0. The first kappa shape index (κ1) is 11.6. The minimum Gasteiger partial charge on any atom is -0.337 e. The van der Waals surface area contributed by atoms with Gasteiger partial charge in [-0.2, -0.15) is 0 Å². The van der Waals surface area contributed by atoms with Crippen LogP contribution in [0.15, 0.2) is 12.4 Å². The monoisotopic (exact) mass is 210 g/mol. The summed E-state index contributed by atoms with van der Waals surface area (Å²) in [5.74, 6) is 0.885. The quantitative estimate of drug-likeness (QED) is 0.744. The lowest BCUT2D eigenvalue weighted by Crippen LogP contribution is -2.38. The van der Waals surface area contributed by atoms with Gasteiger partial charge in [-0.25, -0.2) is 9.78 Å². The van der Waals surface area contributed by atoms with Gasteiger partial charge in [0.25, 0.3) is 0 Å². The van der Waals surface area contributed by atoms with E-state index in [1.54, 1.807) is 30.1 Å². The van der Waals surface area contributed by atoms with Crippen molar-refractivity contribution in [2.24, 2.45) is 7.05 Å². The lowest BCUT2D eigenvalue weighted by Gasteiger charge is -2.23. The van der Waals surface area contributed by atoms with Gasteiger partial charge in [-0.1, -0.05) is 0 Å². The van der Waals surface area contributed by atoms with E-state index in [1.807, 2.05) is 24.7 Å². The van der Waals surface area contributed by atoms with Crippen LogP contribution in [-0.2, 0) is 13.6 Å². The molecule has 0 N–H and O–H groups in total. The Morgan fingerprint density at radius 1 is 1.47 bits per heavy atom. The average Bonchev–Trinajstić information content (AvgIpc) is 2.62. The third-order valence-electron chi connectivity index (χ3n) is 2.43. The van der Waals surface area contributed by atoms with Crippen molar-refractivity contribution < 1.29 is 4.79 Å². The summed E-state index contributed by atoms with van der Waals surface area (Å²) in [5.41, 5.74) is 0. The van der Waals surface area contributed by atoms with Crippen molar-refractivity contribution in [1.82, 2.24) is 19.4 Å². The van der Waals surface area contributed by atoms with Crippen LogP contribution >= 0.6 is 0 Å². The van der Waals surface area contributed by atoms with E-state index in [-0.39, 0.29) is 6.03 Å². The molecule has 0 aliphatic heterocycles. The molecule has 0 fully saturated rings. The van der Waals surface area contributed by atoms with Gasteiger partial charge in [0.2, 0.25) is 0 Å². The van der Waals surface area contributed by atoms with Crippen molar-refractivity contribution in [2.75, 3.05) is 20.6 Å². The molecule has 0 unspecified atom stereocenters. The molecule has 84 valence electrons. The topological polar surface area (TPSA) is 41.4 Å². The van der Waals surface area contributed by atoms with E-state index >= 15 is 0 Å². The summed E-state index contributed by atoms with van der Waals surface area (Å²) in [4.78, 5) is 19.2. The van der Waals surface area contributed by atoms with Gasteiger partial charge < -0.3 is 14.4 Å². The Kier molecular flexibility index (Phi) is 3.71. The van der Waals surface area contributed by atoms with Crippen molar-refractivity contribution in [3.63, 3.8) is 0 Å². The summed E-state index contributed by atoms with van der Waals surface area (Å²) in [5, 5.41) is 0. The van der Waals surface area contributed by atoms with Gasteiger partial charge >= 0.3 is 6.03 Å². The highest BCUT2D eigenvalue weighted by atomic mass is 16.2. The van der Waals surface area contributed by atoms with E-state index in [4.69, 9.17) is 0 Å². The molecule has 5 heteroatoms. The molecule has 15 heavy (non-hydrogen) atoms. The molecule has 0 aliphatic carbocycles. The number of hydrogen-bond acceptors (Lipinski definition) is 2. The van der Waals surface area contributed by atoms with E-state index in [2.05, 4.69) is 4.98 Å². The Hall–Kier alpha value is -1.52. The normalized spacial score (nSPS) is 10.1. The first-order valence-corrected chi connectivity index (χ1v) is 4.98. The smallest absolute Gasteiger partial charge is 0.319 e. The minimum atomic E-state index is 0.0144. The molecule has 5 nitrogen and oxygen atoms in total. The number of urea groups is 1. The fourth-order valence-corrected chi connectivity index (χ4v) is 1.26. The molecule has 1 aromatic rings. The summed E-state index contributed by atoms with van der Waals surface area (Å²) < 4.78 is 1.91. The fraction of sp³-hybridized carbons (Fsp3) is 0.600. The molecular formula is C10H18N4O.